The highest BCUT2D eigenvalue weighted by atomic mass is 127. The van der Waals surface area contributed by atoms with Crippen molar-refractivity contribution in [3.05, 3.63) is 30.1 Å². The molecule has 1 aromatic rings. The molecule has 0 radical (unpaired) electrons. The fourth-order valence-electron chi connectivity index (χ4n) is 1.74. The Labute approximate surface area is 149 Å². The van der Waals surface area contributed by atoms with Crippen LogP contribution in [0.1, 0.15) is 19.5 Å². The molecule has 0 bridgehead atoms. The Morgan fingerprint density at radius 3 is 2.64 bits per heavy atom. The lowest BCUT2D eigenvalue weighted by Gasteiger charge is -2.22. The van der Waals surface area contributed by atoms with Gasteiger partial charge >= 0.3 is 0 Å². The van der Waals surface area contributed by atoms with E-state index < -0.39 is 15.6 Å². The smallest absolute Gasteiger partial charge is 0.209 e. The van der Waals surface area contributed by atoms with E-state index >= 15 is 0 Å². The van der Waals surface area contributed by atoms with Gasteiger partial charge in [-0.2, -0.15) is 0 Å². The van der Waals surface area contributed by atoms with Crippen LogP contribution in [0.25, 0.3) is 0 Å². The SMILES string of the molecule is CC(C)(CN=C(N)NCCc1ccccn1)NS(C)(=O)=O.I. The quantitative estimate of drug-likeness (QED) is 0.324. The predicted molar refractivity (Wildman–Crippen MR) is 99.9 cm³/mol. The standard InChI is InChI=1S/C13H23N5O2S.HI/c1-13(2,18-21(3,19)20)10-17-12(14)16-9-7-11-6-4-5-8-15-11;/h4-6,8,18H,7,9-10H2,1-3H3,(H3,14,16,17);1H. The average Bonchev–Trinajstić information content (AvgIpc) is 2.35. The van der Waals surface area contributed by atoms with Gasteiger partial charge in [0.1, 0.15) is 0 Å². The minimum atomic E-state index is -3.27. The first-order valence-corrected chi connectivity index (χ1v) is 8.50. The summed E-state index contributed by atoms with van der Waals surface area (Å²) in [5.74, 6) is 0.286. The van der Waals surface area contributed by atoms with E-state index in [0.717, 1.165) is 18.4 Å². The average molecular weight is 441 g/mol. The fourth-order valence-corrected chi connectivity index (χ4v) is 2.81. The molecule has 4 N–H and O–H groups in total. The van der Waals surface area contributed by atoms with Crippen molar-refractivity contribution in [2.24, 2.45) is 10.7 Å². The Bertz CT molecular complexity index is 575. The molecule has 126 valence electrons. The number of aliphatic imine (C=N–C) groups is 1. The Hall–Kier alpha value is -0.940. The number of pyridine rings is 1. The third-order valence-electron chi connectivity index (χ3n) is 2.52. The van der Waals surface area contributed by atoms with E-state index in [-0.39, 0.29) is 36.5 Å². The largest absolute Gasteiger partial charge is 0.370 e. The predicted octanol–water partition coefficient (Wildman–Crippen LogP) is 0.474. The second-order valence-corrected chi connectivity index (χ2v) is 7.21. The van der Waals surface area contributed by atoms with Crippen molar-refractivity contribution < 1.29 is 8.42 Å². The zero-order chi connectivity index (χ0) is 15.9. The number of rotatable bonds is 7. The highest BCUT2D eigenvalue weighted by molar-refractivity contribution is 14.0. The molecule has 0 amide bonds. The third-order valence-corrected chi connectivity index (χ3v) is 3.44. The molecule has 0 fully saturated rings. The van der Waals surface area contributed by atoms with Crippen molar-refractivity contribution in [3.63, 3.8) is 0 Å². The van der Waals surface area contributed by atoms with Crippen LogP contribution in [0.5, 0.6) is 0 Å². The lowest BCUT2D eigenvalue weighted by Crippen LogP contribution is -2.46. The van der Waals surface area contributed by atoms with Crippen LogP contribution in [0, 0.1) is 0 Å². The van der Waals surface area contributed by atoms with Gasteiger partial charge in [-0.15, -0.1) is 24.0 Å². The first-order chi connectivity index (χ1) is 9.68. The van der Waals surface area contributed by atoms with Crippen molar-refractivity contribution in [2.75, 3.05) is 19.3 Å². The highest BCUT2D eigenvalue weighted by Gasteiger charge is 2.21. The second kappa shape index (κ2) is 9.26. The molecule has 1 rings (SSSR count). The van der Waals surface area contributed by atoms with E-state index in [1.807, 2.05) is 18.2 Å². The maximum atomic E-state index is 11.2. The van der Waals surface area contributed by atoms with Gasteiger partial charge < -0.3 is 11.1 Å². The number of nitrogens with zero attached hydrogens (tertiary/aromatic N) is 2. The van der Waals surface area contributed by atoms with E-state index in [1.165, 1.54) is 0 Å². The Kier molecular flexibility index (Phi) is 8.86. The molecule has 0 aromatic carbocycles. The molecule has 7 nitrogen and oxygen atoms in total. The van der Waals surface area contributed by atoms with Gasteiger partial charge in [-0.1, -0.05) is 6.07 Å². The van der Waals surface area contributed by atoms with Crippen molar-refractivity contribution in [1.82, 2.24) is 15.0 Å². The summed E-state index contributed by atoms with van der Waals surface area (Å²) >= 11 is 0. The van der Waals surface area contributed by atoms with E-state index in [2.05, 4.69) is 20.0 Å². The van der Waals surface area contributed by atoms with Gasteiger partial charge in [-0.3, -0.25) is 9.98 Å². The first kappa shape index (κ1) is 21.1. The molecule has 0 saturated carbocycles. The first-order valence-electron chi connectivity index (χ1n) is 6.61. The number of halogens is 1. The maximum absolute atomic E-state index is 11.2. The molecule has 0 atom stereocenters. The number of nitrogens with two attached hydrogens (primary N) is 1. The zero-order valence-corrected chi connectivity index (χ0v) is 16.2. The fraction of sp³-hybridized carbons (Fsp3) is 0.538. The lowest BCUT2D eigenvalue weighted by atomic mass is 10.1. The normalized spacial score (nSPS) is 12.6. The van der Waals surface area contributed by atoms with Crippen molar-refractivity contribution in [3.8, 4) is 0 Å². The summed E-state index contributed by atoms with van der Waals surface area (Å²) in [5.41, 5.74) is 6.04. The van der Waals surface area contributed by atoms with E-state index in [1.54, 1.807) is 20.0 Å². The Balaban J connectivity index is 0.00000441. The molecule has 0 aliphatic carbocycles. The van der Waals surface area contributed by atoms with Gasteiger partial charge in [0.05, 0.1) is 12.8 Å². The van der Waals surface area contributed by atoms with Crippen LogP contribution >= 0.6 is 24.0 Å². The Morgan fingerprint density at radius 1 is 1.41 bits per heavy atom. The van der Waals surface area contributed by atoms with E-state index in [0.29, 0.717) is 6.54 Å². The highest BCUT2D eigenvalue weighted by Crippen LogP contribution is 2.04. The number of hydrogen-bond acceptors (Lipinski definition) is 4. The number of sulfonamides is 1. The van der Waals surface area contributed by atoms with Crippen molar-refractivity contribution >= 4 is 40.0 Å². The molecule has 1 heterocycles. The van der Waals surface area contributed by atoms with Crippen molar-refractivity contribution in [2.45, 2.75) is 25.8 Å². The summed E-state index contributed by atoms with van der Waals surface area (Å²) in [6.07, 6.45) is 3.60. The number of guanidine groups is 1. The van der Waals surface area contributed by atoms with Crippen LogP contribution in [-0.4, -0.2) is 44.2 Å². The summed E-state index contributed by atoms with van der Waals surface area (Å²) < 4.78 is 24.9. The topological polar surface area (TPSA) is 109 Å². The van der Waals surface area contributed by atoms with Gasteiger partial charge in [-0.25, -0.2) is 13.1 Å². The number of nitrogens with one attached hydrogen (secondary N) is 2. The van der Waals surface area contributed by atoms with Gasteiger partial charge in [0.2, 0.25) is 10.0 Å². The van der Waals surface area contributed by atoms with E-state index in [9.17, 15) is 8.42 Å². The number of aromatic nitrogens is 1. The Morgan fingerprint density at radius 2 is 2.09 bits per heavy atom. The summed E-state index contributed by atoms with van der Waals surface area (Å²) in [6.45, 7) is 4.37. The van der Waals surface area contributed by atoms with Crippen LogP contribution in [0.4, 0.5) is 0 Å². The van der Waals surface area contributed by atoms with Gasteiger partial charge in [-0.05, 0) is 26.0 Å². The minimum Gasteiger partial charge on any atom is -0.370 e. The van der Waals surface area contributed by atoms with Crippen LogP contribution in [0.2, 0.25) is 0 Å². The molecule has 0 unspecified atom stereocenters. The molecule has 9 heteroatoms. The lowest BCUT2D eigenvalue weighted by molar-refractivity contribution is 0.465. The van der Waals surface area contributed by atoms with Crippen LogP contribution in [-0.2, 0) is 16.4 Å². The van der Waals surface area contributed by atoms with Crippen LogP contribution < -0.4 is 15.8 Å². The second-order valence-electron chi connectivity index (χ2n) is 5.46. The summed E-state index contributed by atoms with van der Waals surface area (Å²) in [6, 6.07) is 5.73. The molecule has 0 saturated heterocycles. The molecule has 22 heavy (non-hydrogen) atoms. The number of hydrogen-bond donors (Lipinski definition) is 3. The molecular formula is C13H24IN5O2S. The summed E-state index contributed by atoms with van der Waals surface area (Å²) in [5, 5.41) is 2.98. The van der Waals surface area contributed by atoms with Gasteiger partial charge in [0.25, 0.3) is 0 Å². The molecular weight excluding hydrogens is 417 g/mol. The molecule has 1 aromatic heterocycles. The zero-order valence-electron chi connectivity index (χ0n) is 13.0. The van der Waals surface area contributed by atoms with Gasteiger partial charge in [0, 0.05) is 30.4 Å². The third kappa shape index (κ3) is 9.90. The molecule has 0 spiro atoms. The maximum Gasteiger partial charge on any atom is 0.209 e. The van der Waals surface area contributed by atoms with E-state index in [4.69, 9.17) is 5.73 Å². The minimum absolute atomic E-state index is 0. The van der Waals surface area contributed by atoms with Gasteiger partial charge in [0.15, 0.2) is 5.96 Å². The molecule has 0 aliphatic heterocycles. The van der Waals surface area contributed by atoms with Crippen LogP contribution in [0.15, 0.2) is 29.4 Å². The summed E-state index contributed by atoms with van der Waals surface area (Å²) in [4.78, 5) is 8.35. The summed E-state index contributed by atoms with van der Waals surface area (Å²) in [7, 11) is -3.27. The van der Waals surface area contributed by atoms with Crippen LogP contribution in [0.3, 0.4) is 0 Å². The molecule has 0 aliphatic rings. The monoisotopic (exact) mass is 441 g/mol. The van der Waals surface area contributed by atoms with Crippen molar-refractivity contribution in [1.29, 1.82) is 0 Å².